The van der Waals surface area contributed by atoms with Crippen molar-refractivity contribution in [3.05, 3.63) is 17.5 Å². The Balaban J connectivity index is 1.33. The average molecular weight is 301 g/mol. The van der Waals surface area contributed by atoms with Crippen LogP contribution >= 0.6 is 0 Å². The van der Waals surface area contributed by atoms with Gasteiger partial charge < -0.3 is 5.32 Å². The van der Waals surface area contributed by atoms with E-state index in [-0.39, 0.29) is 5.91 Å². The normalized spacial score (nSPS) is 35.8. The van der Waals surface area contributed by atoms with Gasteiger partial charge in [0.1, 0.15) is 0 Å². The Labute approximate surface area is 132 Å². The van der Waals surface area contributed by atoms with E-state index in [9.17, 15) is 4.79 Å². The molecule has 4 aliphatic carbocycles. The van der Waals surface area contributed by atoms with Gasteiger partial charge in [-0.3, -0.25) is 9.48 Å². The van der Waals surface area contributed by atoms with Crippen molar-refractivity contribution in [1.82, 2.24) is 15.1 Å². The maximum atomic E-state index is 12.4. The van der Waals surface area contributed by atoms with E-state index in [0.717, 1.165) is 35.1 Å². The summed E-state index contributed by atoms with van der Waals surface area (Å²) in [6.07, 6.45) is 7.44. The molecule has 4 nitrogen and oxygen atoms in total. The number of carbonyl (C=O) groups is 1. The molecule has 1 aromatic heterocycles. The first-order chi connectivity index (χ1) is 10.6. The van der Waals surface area contributed by atoms with Gasteiger partial charge in [0, 0.05) is 24.7 Å². The Morgan fingerprint density at radius 3 is 2.36 bits per heavy atom. The van der Waals surface area contributed by atoms with Crippen molar-refractivity contribution in [3.8, 4) is 0 Å². The molecule has 0 aromatic carbocycles. The van der Waals surface area contributed by atoms with Gasteiger partial charge in [0.2, 0.25) is 5.91 Å². The Morgan fingerprint density at radius 1 is 1.18 bits per heavy atom. The van der Waals surface area contributed by atoms with Gasteiger partial charge in [0.15, 0.2) is 0 Å². The first-order valence-corrected chi connectivity index (χ1v) is 8.89. The third-order valence-corrected chi connectivity index (χ3v) is 6.21. The molecule has 4 saturated carbocycles. The molecular weight excluding hydrogens is 274 g/mol. The molecule has 0 aliphatic heterocycles. The second kappa shape index (κ2) is 5.39. The molecule has 1 aromatic rings. The van der Waals surface area contributed by atoms with E-state index >= 15 is 0 Å². The van der Waals surface area contributed by atoms with Crippen molar-refractivity contribution in [2.75, 3.05) is 0 Å². The van der Waals surface area contributed by atoms with Crippen LogP contribution in [0.15, 0.2) is 6.07 Å². The highest BCUT2D eigenvalue weighted by Gasteiger charge is 2.48. The molecule has 4 fully saturated rings. The predicted molar refractivity (Wildman–Crippen MR) is 85.3 cm³/mol. The standard InChI is InChI=1S/C18H27N3O/c1-11-5-12(2)21(20-11)4-3-17(22)19-18-15-7-13-6-14(9-15)10-16(18)8-13/h5,13-16,18H,3-4,6-10H2,1-2H3,(H,19,22). The van der Waals surface area contributed by atoms with Crippen molar-refractivity contribution < 1.29 is 4.79 Å². The molecule has 0 radical (unpaired) electrons. The second-order valence-corrected chi connectivity index (χ2v) is 7.92. The SMILES string of the molecule is Cc1cc(C)n(CCC(=O)NC2C3CC4CC(C3)CC2C4)n1. The van der Waals surface area contributed by atoms with Crippen molar-refractivity contribution in [1.29, 1.82) is 0 Å². The van der Waals surface area contributed by atoms with Gasteiger partial charge in [-0.15, -0.1) is 0 Å². The Kier molecular flexibility index (Phi) is 3.50. The monoisotopic (exact) mass is 301 g/mol. The molecule has 0 spiro atoms. The van der Waals surface area contributed by atoms with Gasteiger partial charge in [-0.1, -0.05) is 0 Å². The van der Waals surface area contributed by atoms with Crippen LogP contribution in [0.4, 0.5) is 0 Å². The van der Waals surface area contributed by atoms with E-state index in [1.165, 1.54) is 32.1 Å². The summed E-state index contributed by atoms with van der Waals surface area (Å²) >= 11 is 0. The fraction of sp³-hybridized carbons (Fsp3) is 0.778. The summed E-state index contributed by atoms with van der Waals surface area (Å²) in [6.45, 7) is 4.74. The van der Waals surface area contributed by atoms with Crippen LogP contribution in [0.5, 0.6) is 0 Å². The molecule has 4 aliphatic rings. The minimum Gasteiger partial charge on any atom is -0.353 e. The zero-order valence-electron chi connectivity index (χ0n) is 13.7. The lowest BCUT2D eigenvalue weighted by Gasteiger charge is -2.54. The Hall–Kier alpha value is -1.32. The number of rotatable bonds is 4. The molecule has 1 heterocycles. The van der Waals surface area contributed by atoms with Crippen LogP contribution in [0.1, 0.15) is 49.9 Å². The van der Waals surface area contributed by atoms with Gasteiger partial charge >= 0.3 is 0 Å². The molecule has 0 saturated heterocycles. The maximum Gasteiger partial charge on any atom is 0.222 e. The van der Waals surface area contributed by atoms with Gasteiger partial charge in [-0.2, -0.15) is 5.10 Å². The molecule has 5 rings (SSSR count). The summed E-state index contributed by atoms with van der Waals surface area (Å²) in [5.41, 5.74) is 2.17. The van der Waals surface area contributed by atoms with E-state index < -0.39 is 0 Å². The minimum absolute atomic E-state index is 0.213. The van der Waals surface area contributed by atoms with E-state index in [0.29, 0.717) is 19.0 Å². The van der Waals surface area contributed by atoms with Crippen LogP contribution in [0.25, 0.3) is 0 Å². The van der Waals surface area contributed by atoms with Crippen LogP contribution in [-0.4, -0.2) is 21.7 Å². The number of amides is 1. The number of aryl methyl sites for hydroxylation is 3. The minimum atomic E-state index is 0.213. The highest BCUT2D eigenvalue weighted by Crippen LogP contribution is 2.53. The lowest BCUT2D eigenvalue weighted by Crippen LogP contribution is -2.55. The highest BCUT2D eigenvalue weighted by atomic mass is 16.1. The summed E-state index contributed by atoms with van der Waals surface area (Å²) in [5, 5.41) is 7.82. The molecule has 0 unspecified atom stereocenters. The first kappa shape index (κ1) is 14.3. The van der Waals surface area contributed by atoms with Crippen LogP contribution < -0.4 is 5.32 Å². The number of hydrogen-bond acceptors (Lipinski definition) is 2. The fourth-order valence-electron chi connectivity index (χ4n) is 5.53. The number of aromatic nitrogens is 2. The quantitative estimate of drug-likeness (QED) is 0.929. The lowest BCUT2D eigenvalue weighted by atomic mass is 9.54. The van der Waals surface area contributed by atoms with Crippen molar-refractivity contribution >= 4 is 5.91 Å². The molecule has 120 valence electrons. The average Bonchev–Trinajstić information content (AvgIpc) is 2.78. The zero-order valence-corrected chi connectivity index (χ0v) is 13.7. The Morgan fingerprint density at radius 2 is 1.82 bits per heavy atom. The summed E-state index contributed by atoms with van der Waals surface area (Å²) in [4.78, 5) is 12.4. The number of carbonyl (C=O) groups excluding carboxylic acids is 1. The smallest absolute Gasteiger partial charge is 0.222 e. The third kappa shape index (κ3) is 2.57. The van der Waals surface area contributed by atoms with Gasteiger partial charge in [-0.05, 0) is 75.7 Å². The maximum absolute atomic E-state index is 12.4. The van der Waals surface area contributed by atoms with Crippen molar-refractivity contribution in [3.63, 3.8) is 0 Å². The van der Waals surface area contributed by atoms with Crippen molar-refractivity contribution in [2.45, 2.75) is 65.0 Å². The van der Waals surface area contributed by atoms with Gasteiger partial charge in [-0.25, -0.2) is 0 Å². The van der Waals surface area contributed by atoms with Gasteiger partial charge in [0.25, 0.3) is 0 Å². The predicted octanol–water partition coefficient (Wildman–Crippen LogP) is 2.83. The zero-order chi connectivity index (χ0) is 15.3. The van der Waals surface area contributed by atoms with E-state index in [1.54, 1.807) is 0 Å². The molecule has 4 bridgehead atoms. The molecule has 22 heavy (non-hydrogen) atoms. The number of nitrogens with zero attached hydrogens (tertiary/aromatic N) is 2. The van der Waals surface area contributed by atoms with Crippen LogP contribution in [0.3, 0.4) is 0 Å². The third-order valence-electron chi connectivity index (χ3n) is 6.21. The van der Waals surface area contributed by atoms with Gasteiger partial charge in [0.05, 0.1) is 5.69 Å². The highest BCUT2D eigenvalue weighted by molar-refractivity contribution is 5.76. The molecular formula is C18H27N3O. The molecule has 1 N–H and O–H groups in total. The van der Waals surface area contributed by atoms with E-state index in [1.807, 2.05) is 11.6 Å². The van der Waals surface area contributed by atoms with E-state index in [4.69, 9.17) is 0 Å². The van der Waals surface area contributed by atoms with Crippen LogP contribution in [-0.2, 0) is 11.3 Å². The Bertz CT molecular complexity index is 549. The topological polar surface area (TPSA) is 46.9 Å². The first-order valence-electron chi connectivity index (χ1n) is 8.89. The van der Waals surface area contributed by atoms with E-state index in [2.05, 4.69) is 23.4 Å². The fourth-order valence-corrected chi connectivity index (χ4v) is 5.53. The summed E-state index contributed by atoms with van der Waals surface area (Å²) in [7, 11) is 0. The summed E-state index contributed by atoms with van der Waals surface area (Å²) in [6, 6.07) is 2.52. The second-order valence-electron chi connectivity index (χ2n) is 7.92. The van der Waals surface area contributed by atoms with Crippen LogP contribution in [0.2, 0.25) is 0 Å². The van der Waals surface area contributed by atoms with Crippen LogP contribution in [0, 0.1) is 37.5 Å². The number of hydrogen-bond donors (Lipinski definition) is 1. The summed E-state index contributed by atoms with van der Waals surface area (Å²) < 4.78 is 1.95. The molecule has 0 atom stereocenters. The molecule has 4 heteroatoms. The molecule has 1 amide bonds. The van der Waals surface area contributed by atoms with Crippen molar-refractivity contribution in [2.24, 2.45) is 23.7 Å². The summed E-state index contributed by atoms with van der Waals surface area (Å²) in [5.74, 6) is 3.66. The lowest BCUT2D eigenvalue weighted by molar-refractivity contribution is -0.125. The number of nitrogens with one attached hydrogen (secondary N) is 1. The largest absolute Gasteiger partial charge is 0.353 e.